The van der Waals surface area contributed by atoms with Crippen LogP contribution in [-0.2, 0) is 6.42 Å². The third kappa shape index (κ3) is 4.88. The number of fused-ring (bicyclic) bond motifs is 7. The second kappa shape index (κ2) is 11.6. The average molecular weight is 640 g/mol. The van der Waals surface area contributed by atoms with Gasteiger partial charge in [-0.2, -0.15) is 0 Å². The van der Waals surface area contributed by atoms with Crippen LogP contribution in [0.2, 0.25) is 0 Å². The molecule has 0 unspecified atom stereocenters. The summed E-state index contributed by atoms with van der Waals surface area (Å²) in [6.45, 7) is 0. The first-order valence-electron chi connectivity index (χ1n) is 17.4. The molecule has 50 heavy (non-hydrogen) atoms. The number of furan rings is 1. The quantitative estimate of drug-likeness (QED) is 0.186. The number of hydrogen-bond donors (Lipinski definition) is 0. The highest BCUT2D eigenvalue weighted by molar-refractivity contribution is 6.19. The molecule has 0 saturated heterocycles. The van der Waals surface area contributed by atoms with Crippen LogP contribution in [0.25, 0.3) is 66.3 Å². The van der Waals surface area contributed by atoms with Crippen molar-refractivity contribution in [3.8, 4) is 11.1 Å². The van der Waals surface area contributed by atoms with Crippen LogP contribution in [0.5, 0.6) is 0 Å². The third-order valence-corrected chi connectivity index (χ3v) is 10.3. The molecule has 0 bridgehead atoms. The lowest BCUT2D eigenvalue weighted by Gasteiger charge is -2.27. The van der Waals surface area contributed by atoms with Gasteiger partial charge in [-0.3, -0.25) is 0 Å². The largest absolute Gasteiger partial charge is 0.456 e. The zero-order valence-electron chi connectivity index (χ0n) is 27.5. The van der Waals surface area contributed by atoms with Gasteiger partial charge in [-0.05, 0) is 128 Å². The fourth-order valence-electron chi connectivity index (χ4n) is 7.79. The molecule has 2 nitrogen and oxygen atoms in total. The minimum atomic E-state index is 0.937. The number of anilines is 3. The summed E-state index contributed by atoms with van der Waals surface area (Å²) in [7, 11) is 0. The number of rotatable bonds is 5. The summed E-state index contributed by atoms with van der Waals surface area (Å²) >= 11 is 0. The van der Waals surface area contributed by atoms with E-state index < -0.39 is 0 Å². The summed E-state index contributed by atoms with van der Waals surface area (Å²) < 4.78 is 6.17. The number of hydrogen-bond acceptors (Lipinski definition) is 2. The Morgan fingerprint density at radius 3 is 2.02 bits per heavy atom. The van der Waals surface area contributed by atoms with Gasteiger partial charge in [0.05, 0.1) is 0 Å². The van der Waals surface area contributed by atoms with E-state index in [2.05, 4.69) is 169 Å². The SMILES string of the molecule is C1=C(c2ccc3c(ccc4oc5ccccc5c43)c2)CCc2ccc(N(c3ccccc3)c3ccc(-c4ccc5ccccc5c4)cc3)cc21. The van der Waals surface area contributed by atoms with E-state index in [-0.39, 0.29) is 0 Å². The smallest absolute Gasteiger partial charge is 0.136 e. The maximum atomic E-state index is 6.17. The van der Waals surface area contributed by atoms with Crippen molar-refractivity contribution in [2.24, 2.45) is 0 Å². The summed E-state index contributed by atoms with van der Waals surface area (Å²) in [6, 6.07) is 61.4. The topological polar surface area (TPSA) is 16.4 Å². The molecule has 236 valence electrons. The van der Waals surface area contributed by atoms with Crippen molar-refractivity contribution in [1.29, 1.82) is 0 Å². The lowest BCUT2D eigenvalue weighted by Crippen LogP contribution is -2.11. The number of para-hydroxylation sites is 2. The lowest BCUT2D eigenvalue weighted by molar-refractivity contribution is 0.669. The first-order chi connectivity index (χ1) is 24.7. The highest BCUT2D eigenvalue weighted by atomic mass is 16.3. The van der Waals surface area contributed by atoms with Gasteiger partial charge in [0.2, 0.25) is 0 Å². The van der Waals surface area contributed by atoms with Crippen LogP contribution < -0.4 is 4.90 Å². The van der Waals surface area contributed by atoms with Gasteiger partial charge in [-0.1, -0.05) is 115 Å². The summed E-state index contributed by atoms with van der Waals surface area (Å²) in [5.41, 5.74) is 13.1. The van der Waals surface area contributed by atoms with Crippen molar-refractivity contribution in [1.82, 2.24) is 0 Å². The molecule has 1 aromatic heterocycles. The third-order valence-electron chi connectivity index (χ3n) is 10.3. The van der Waals surface area contributed by atoms with E-state index in [0.29, 0.717) is 0 Å². The molecule has 2 heteroatoms. The van der Waals surface area contributed by atoms with Crippen molar-refractivity contribution >= 4 is 72.2 Å². The zero-order valence-corrected chi connectivity index (χ0v) is 27.5. The van der Waals surface area contributed by atoms with Gasteiger partial charge in [-0.15, -0.1) is 0 Å². The second-order valence-electron chi connectivity index (χ2n) is 13.3. The Kier molecular flexibility index (Phi) is 6.67. The second-order valence-corrected chi connectivity index (χ2v) is 13.3. The first-order valence-corrected chi connectivity index (χ1v) is 17.4. The lowest BCUT2D eigenvalue weighted by atomic mass is 9.87. The Morgan fingerprint density at radius 2 is 1.12 bits per heavy atom. The van der Waals surface area contributed by atoms with Gasteiger partial charge in [0.15, 0.2) is 0 Å². The van der Waals surface area contributed by atoms with E-state index in [9.17, 15) is 0 Å². The highest BCUT2D eigenvalue weighted by Gasteiger charge is 2.18. The van der Waals surface area contributed by atoms with E-state index in [1.54, 1.807) is 0 Å². The number of benzene rings is 8. The zero-order chi connectivity index (χ0) is 33.0. The molecule has 0 fully saturated rings. The van der Waals surface area contributed by atoms with Crippen LogP contribution >= 0.6 is 0 Å². The highest BCUT2D eigenvalue weighted by Crippen LogP contribution is 2.41. The Hall–Kier alpha value is -6.38. The van der Waals surface area contributed by atoms with Crippen molar-refractivity contribution in [3.05, 3.63) is 187 Å². The van der Waals surface area contributed by atoms with Gasteiger partial charge in [-0.25, -0.2) is 0 Å². The van der Waals surface area contributed by atoms with Crippen LogP contribution in [0.1, 0.15) is 23.1 Å². The molecule has 0 N–H and O–H groups in total. The van der Waals surface area contributed by atoms with E-state index in [4.69, 9.17) is 4.42 Å². The van der Waals surface area contributed by atoms with Crippen LogP contribution in [0.4, 0.5) is 17.1 Å². The normalized spacial score (nSPS) is 12.8. The maximum absolute atomic E-state index is 6.17. The van der Waals surface area contributed by atoms with Crippen molar-refractivity contribution in [3.63, 3.8) is 0 Å². The maximum Gasteiger partial charge on any atom is 0.136 e. The molecule has 0 radical (unpaired) electrons. The van der Waals surface area contributed by atoms with E-state index in [0.717, 1.165) is 41.1 Å². The van der Waals surface area contributed by atoms with Gasteiger partial charge < -0.3 is 9.32 Å². The number of allylic oxidation sites excluding steroid dienone is 1. The summed E-state index contributed by atoms with van der Waals surface area (Å²) in [4.78, 5) is 2.36. The van der Waals surface area contributed by atoms with Crippen LogP contribution in [0, 0.1) is 0 Å². The predicted molar refractivity (Wildman–Crippen MR) is 211 cm³/mol. The molecule has 0 atom stereocenters. The van der Waals surface area contributed by atoms with Gasteiger partial charge in [0.1, 0.15) is 11.2 Å². The van der Waals surface area contributed by atoms with Crippen molar-refractivity contribution in [2.75, 3.05) is 4.90 Å². The van der Waals surface area contributed by atoms with Crippen LogP contribution in [0.15, 0.2) is 174 Å². The Bertz CT molecular complexity index is 2750. The van der Waals surface area contributed by atoms with Gasteiger partial charge in [0, 0.05) is 27.8 Å². The molecule has 1 aliphatic rings. The van der Waals surface area contributed by atoms with Crippen LogP contribution in [0.3, 0.4) is 0 Å². The summed E-state index contributed by atoms with van der Waals surface area (Å²) in [5, 5.41) is 7.37. The van der Waals surface area contributed by atoms with Gasteiger partial charge >= 0.3 is 0 Å². The molecule has 9 aromatic rings. The average Bonchev–Trinajstić information content (AvgIpc) is 3.57. The van der Waals surface area contributed by atoms with Gasteiger partial charge in [0.25, 0.3) is 0 Å². The molecule has 10 rings (SSSR count). The standard InChI is InChI=1S/C48H33NO/c1-2-10-41(11-3-1)49(42-23-18-33(19-24-42)36-16-14-32-8-4-5-9-35(32)28-36)43-25-20-34-15-17-37(30-40(34)31-43)38-21-26-44-39(29-38)22-27-47-48(44)45-12-6-7-13-46(45)50-47/h1-14,16,18-31H,15,17H2. The monoisotopic (exact) mass is 639 g/mol. The Labute approximate surface area is 291 Å². The summed E-state index contributed by atoms with van der Waals surface area (Å²) in [5.74, 6) is 0. The van der Waals surface area contributed by atoms with E-state index in [1.807, 2.05) is 12.1 Å². The number of nitrogens with zero attached hydrogens (tertiary/aromatic N) is 1. The molecule has 8 aromatic carbocycles. The molecule has 1 heterocycles. The Balaban J connectivity index is 1.02. The molecule has 0 spiro atoms. The molecule has 0 amide bonds. The summed E-state index contributed by atoms with van der Waals surface area (Å²) in [6.07, 6.45) is 4.45. The van der Waals surface area contributed by atoms with Crippen molar-refractivity contribution in [2.45, 2.75) is 12.8 Å². The molecule has 0 saturated carbocycles. The molecular formula is C48H33NO. The molecule has 0 aliphatic heterocycles. The fraction of sp³-hybridized carbons (Fsp3) is 0.0417. The molecule has 1 aliphatic carbocycles. The van der Waals surface area contributed by atoms with E-state index >= 15 is 0 Å². The molecular weight excluding hydrogens is 607 g/mol. The predicted octanol–water partition coefficient (Wildman–Crippen LogP) is 13.5. The minimum Gasteiger partial charge on any atom is -0.456 e. The number of aryl methyl sites for hydroxylation is 1. The van der Waals surface area contributed by atoms with Crippen molar-refractivity contribution < 1.29 is 4.42 Å². The van der Waals surface area contributed by atoms with E-state index in [1.165, 1.54) is 65.7 Å². The van der Waals surface area contributed by atoms with Crippen LogP contribution in [-0.4, -0.2) is 0 Å². The fourth-order valence-corrected chi connectivity index (χ4v) is 7.79. The minimum absolute atomic E-state index is 0.937. The first kappa shape index (κ1) is 28.6. The Morgan fingerprint density at radius 1 is 0.420 bits per heavy atom.